The molecule has 0 radical (unpaired) electrons. The summed E-state index contributed by atoms with van der Waals surface area (Å²) in [4.78, 5) is 0. The van der Waals surface area contributed by atoms with Crippen molar-refractivity contribution in [1.29, 1.82) is 0 Å². The minimum atomic E-state index is -2.50. The molecule has 0 saturated carbocycles. The van der Waals surface area contributed by atoms with Crippen LogP contribution in [0.4, 0.5) is 0 Å². The zero-order valence-electron chi connectivity index (χ0n) is 25.6. The van der Waals surface area contributed by atoms with Crippen LogP contribution in [0.5, 0.6) is 0 Å². The van der Waals surface area contributed by atoms with Gasteiger partial charge in [0.2, 0.25) is 5.69 Å². The topological polar surface area (TPSA) is 3.88 Å². The van der Waals surface area contributed by atoms with Gasteiger partial charge in [-0.2, -0.15) is 0 Å². The number of benzene rings is 2. The Kier molecular flexibility index (Phi) is 2.58. The molecule has 3 rings (SSSR count). The van der Waals surface area contributed by atoms with Crippen LogP contribution in [0.2, 0.25) is 0 Å². The molecule has 0 atom stereocenters. The molecule has 1 heteroatoms. The van der Waals surface area contributed by atoms with E-state index >= 15 is 0 Å². The average molecular weight is 355 g/mol. The van der Waals surface area contributed by atoms with Crippen LogP contribution >= 0.6 is 0 Å². The third-order valence-corrected chi connectivity index (χ3v) is 4.75. The van der Waals surface area contributed by atoms with Crippen molar-refractivity contribution in [2.45, 2.75) is 47.2 Å². The summed E-state index contributed by atoms with van der Waals surface area (Å²) < 4.78 is 82.4. The highest BCUT2D eigenvalue weighted by Crippen LogP contribution is 2.35. The highest BCUT2D eigenvalue weighted by atomic mass is 14.9. The van der Waals surface area contributed by atoms with Gasteiger partial charge in [-0.25, -0.2) is 4.57 Å². The van der Waals surface area contributed by atoms with E-state index in [1.807, 2.05) is 0 Å². The Bertz CT molecular complexity index is 1290. The maximum atomic E-state index is 8.57. The first-order valence-electron chi connectivity index (χ1n) is 13.5. The molecule has 0 aliphatic carbocycles. The molecule has 0 saturated heterocycles. The molecule has 0 amide bonds. The first-order valence-corrected chi connectivity index (χ1v) is 8.53. The number of aromatic nitrogens is 1. The van der Waals surface area contributed by atoms with E-state index in [0.717, 1.165) is 0 Å². The van der Waals surface area contributed by atoms with Crippen LogP contribution in [0.1, 0.15) is 61.3 Å². The molecule has 0 spiro atoms. The van der Waals surface area contributed by atoms with Crippen LogP contribution in [0.25, 0.3) is 22.4 Å². The molecule has 0 fully saturated rings. The van der Waals surface area contributed by atoms with Gasteiger partial charge in [0.15, 0.2) is 6.20 Å². The maximum absolute atomic E-state index is 8.57. The predicted molar refractivity (Wildman–Crippen MR) is 112 cm³/mol. The van der Waals surface area contributed by atoms with Gasteiger partial charge in [0.25, 0.3) is 0 Å². The fourth-order valence-corrected chi connectivity index (χ4v) is 3.37. The number of hydrogen-bond donors (Lipinski definition) is 0. The Hall–Kier alpha value is -2.41. The van der Waals surface area contributed by atoms with Crippen LogP contribution in [0.3, 0.4) is 0 Å². The fraction of sp³-hybridized carbons (Fsp3) is 0.320. The minimum Gasteiger partial charge on any atom is -0.201 e. The molecule has 1 aromatic heterocycles. The van der Waals surface area contributed by atoms with Gasteiger partial charge in [-0.3, -0.25) is 0 Å². The van der Waals surface area contributed by atoms with Crippen LogP contribution < -0.4 is 4.57 Å². The summed E-state index contributed by atoms with van der Waals surface area (Å²) in [5.74, 6) is -1.21. The number of aryl methyl sites for hydroxylation is 4. The van der Waals surface area contributed by atoms with E-state index in [4.69, 9.17) is 13.7 Å². The highest BCUT2D eigenvalue weighted by Gasteiger charge is 2.20. The van der Waals surface area contributed by atoms with Crippen LogP contribution in [0, 0.1) is 27.5 Å². The summed E-state index contributed by atoms with van der Waals surface area (Å²) in [6, 6.07) is 11.2. The van der Waals surface area contributed by atoms with Crippen LogP contribution in [-0.4, -0.2) is 0 Å². The first kappa shape index (κ1) is 9.50. The van der Waals surface area contributed by atoms with Crippen molar-refractivity contribution >= 4 is 0 Å². The van der Waals surface area contributed by atoms with E-state index in [0.29, 0.717) is 33.5 Å². The van der Waals surface area contributed by atoms with Crippen molar-refractivity contribution in [2.75, 3.05) is 0 Å². The molecule has 3 aromatic rings. The lowest BCUT2D eigenvalue weighted by atomic mass is 9.88. The second-order valence-corrected chi connectivity index (χ2v) is 6.80. The number of pyridine rings is 1. The summed E-state index contributed by atoms with van der Waals surface area (Å²) in [6.45, 7) is -2.41. The van der Waals surface area contributed by atoms with Gasteiger partial charge in [-0.15, -0.1) is 0 Å². The molecule has 0 bridgehead atoms. The second kappa shape index (κ2) is 7.07. The molecule has 0 unspecified atom stereocenters. The van der Waals surface area contributed by atoms with Crippen molar-refractivity contribution < 1.29 is 18.3 Å². The van der Waals surface area contributed by atoms with E-state index in [1.165, 1.54) is 18.3 Å². The van der Waals surface area contributed by atoms with Gasteiger partial charge >= 0.3 is 0 Å². The van der Waals surface area contributed by atoms with Gasteiger partial charge in [0, 0.05) is 30.9 Å². The van der Waals surface area contributed by atoms with Gasteiger partial charge in [-0.1, -0.05) is 44.2 Å². The molecule has 134 valence electrons. The van der Waals surface area contributed by atoms with Gasteiger partial charge in [0.1, 0.15) is 7.05 Å². The van der Waals surface area contributed by atoms with Crippen LogP contribution in [-0.2, 0) is 7.05 Å². The van der Waals surface area contributed by atoms with E-state index in [-0.39, 0.29) is 16.7 Å². The van der Waals surface area contributed by atoms with Crippen molar-refractivity contribution in [3.8, 4) is 22.4 Å². The largest absolute Gasteiger partial charge is 0.212 e. The maximum Gasteiger partial charge on any atom is 0.212 e. The molecular formula is C25H30N+. The Labute approximate surface area is 172 Å². The lowest BCUT2D eigenvalue weighted by Gasteiger charge is -2.17. The number of nitrogens with zero attached hydrogens (tertiary/aromatic N) is 1. The Balaban J connectivity index is 2.45. The molecule has 26 heavy (non-hydrogen) atoms. The smallest absolute Gasteiger partial charge is 0.201 e. The third kappa shape index (κ3) is 3.19. The van der Waals surface area contributed by atoms with Crippen LogP contribution in [0.15, 0.2) is 48.7 Å². The molecule has 1 heterocycles. The third-order valence-electron chi connectivity index (χ3n) is 4.75. The number of rotatable bonds is 3. The van der Waals surface area contributed by atoms with E-state index in [2.05, 4.69) is 0 Å². The normalized spacial score (nSPS) is 18.8. The Morgan fingerprint density at radius 2 is 1.65 bits per heavy atom. The van der Waals surface area contributed by atoms with Crippen molar-refractivity contribution in [3.63, 3.8) is 0 Å². The Morgan fingerprint density at radius 1 is 0.923 bits per heavy atom. The lowest BCUT2D eigenvalue weighted by Crippen LogP contribution is -2.32. The first-order chi connectivity index (χ1) is 16.2. The van der Waals surface area contributed by atoms with E-state index < -0.39 is 26.4 Å². The lowest BCUT2D eigenvalue weighted by molar-refractivity contribution is -0.660. The van der Waals surface area contributed by atoms with E-state index in [1.54, 1.807) is 62.7 Å². The summed E-state index contributed by atoms with van der Waals surface area (Å²) >= 11 is 0. The van der Waals surface area contributed by atoms with E-state index in [9.17, 15) is 0 Å². The van der Waals surface area contributed by atoms with Gasteiger partial charge in [0.05, 0.1) is 0 Å². The molecule has 0 N–H and O–H groups in total. The minimum absolute atomic E-state index is 0.0308. The predicted octanol–water partition coefficient (Wildman–Crippen LogP) is 6.20. The van der Waals surface area contributed by atoms with Gasteiger partial charge < -0.3 is 0 Å². The highest BCUT2D eigenvalue weighted by molar-refractivity contribution is 5.80. The molecule has 1 nitrogen and oxygen atoms in total. The molecule has 0 aliphatic heterocycles. The van der Waals surface area contributed by atoms with Crippen molar-refractivity contribution in [3.05, 3.63) is 76.5 Å². The fourth-order valence-electron chi connectivity index (χ4n) is 3.37. The molecule has 2 aromatic carbocycles. The molecule has 0 aliphatic rings. The second-order valence-electron chi connectivity index (χ2n) is 6.80. The Morgan fingerprint density at radius 3 is 2.35 bits per heavy atom. The zero-order valence-corrected chi connectivity index (χ0v) is 15.6. The summed E-state index contributed by atoms with van der Waals surface area (Å²) in [5.41, 5.74) is 2.85. The average Bonchev–Trinajstić information content (AvgIpc) is 2.71. The summed E-state index contributed by atoms with van der Waals surface area (Å²) in [5, 5.41) is 0. The number of hydrogen-bond acceptors (Lipinski definition) is 0. The quantitative estimate of drug-likeness (QED) is 0.493. The van der Waals surface area contributed by atoms with Gasteiger partial charge in [-0.05, 0) is 72.8 Å². The van der Waals surface area contributed by atoms with Crippen molar-refractivity contribution in [2.24, 2.45) is 7.05 Å². The summed E-state index contributed by atoms with van der Waals surface area (Å²) in [7, 11) is 1.69. The SMILES string of the molecule is [2H]C([2H])([2H])c1ccccc1-c1c(C([2H])([2H])[2H])ccc(-c2cc(C([2H])(C)C)c(C([2H])([2H])[2H])c[n+]2C)c1C. The monoisotopic (exact) mass is 354 g/mol. The zero-order chi connectivity index (χ0) is 27.4. The summed E-state index contributed by atoms with van der Waals surface area (Å²) in [6.07, 6.45) is 1.49. The standard InChI is InChI=1S/C25H30N/c1-16(2)23-14-24(26(7)15-19(23)5)22-13-12-18(4)25(20(22)6)21-11-9-8-10-17(21)3/h8-16H,1-7H3/q+1/i3D3,4D3,5D3,16D. The molecular weight excluding hydrogens is 314 g/mol. The van der Waals surface area contributed by atoms with Crippen molar-refractivity contribution in [1.82, 2.24) is 0 Å².